The molecule has 1 saturated heterocycles. The third-order valence-corrected chi connectivity index (χ3v) is 4.41. The lowest BCUT2D eigenvalue weighted by Gasteiger charge is -2.24. The Labute approximate surface area is 135 Å². The zero-order valence-electron chi connectivity index (χ0n) is 12.1. The molecule has 0 aromatic heterocycles. The van der Waals surface area contributed by atoms with E-state index in [2.05, 4.69) is 32.8 Å². The first-order chi connectivity index (χ1) is 9.69. The van der Waals surface area contributed by atoms with E-state index in [0.717, 1.165) is 23.0 Å². The van der Waals surface area contributed by atoms with Gasteiger partial charge in [0.25, 0.3) is 5.91 Å². The number of benzene rings is 1. The van der Waals surface area contributed by atoms with Crippen LogP contribution in [-0.2, 0) is 0 Å². The molecule has 4 heteroatoms. The van der Waals surface area contributed by atoms with Crippen molar-refractivity contribution in [1.29, 1.82) is 0 Å². The summed E-state index contributed by atoms with van der Waals surface area (Å²) in [4.78, 5) is 14.7. The van der Waals surface area contributed by atoms with Crippen molar-refractivity contribution < 1.29 is 4.79 Å². The predicted molar refractivity (Wildman–Crippen MR) is 91.6 cm³/mol. The number of likely N-dealkylation sites (tertiary alicyclic amines) is 1. The lowest BCUT2D eigenvalue weighted by molar-refractivity contribution is 0.0927. The minimum Gasteiger partial charge on any atom is -0.348 e. The summed E-state index contributed by atoms with van der Waals surface area (Å²) in [6.07, 6.45) is 3.63. The molecule has 2 rings (SSSR count). The molecule has 1 aliphatic rings. The Morgan fingerprint density at radius 2 is 1.95 bits per heavy atom. The Morgan fingerprint density at radius 1 is 1.30 bits per heavy atom. The van der Waals surface area contributed by atoms with Crippen molar-refractivity contribution in [3.05, 3.63) is 35.4 Å². The second-order valence-corrected chi connectivity index (χ2v) is 6.60. The van der Waals surface area contributed by atoms with Gasteiger partial charge in [-0.05, 0) is 51.4 Å². The SMILES string of the molecule is Cc1ccc(C(=O)N[C@@H](CCI)CN2CCCC2)cc1. The van der Waals surface area contributed by atoms with Crippen LogP contribution in [0, 0.1) is 6.92 Å². The van der Waals surface area contributed by atoms with E-state index in [0.29, 0.717) is 0 Å². The highest BCUT2D eigenvalue weighted by Crippen LogP contribution is 2.11. The van der Waals surface area contributed by atoms with E-state index in [-0.39, 0.29) is 11.9 Å². The monoisotopic (exact) mass is 386 g/mol. The molecule has 0 unspecified atom stereocenters. The van der Waals surface area contributed by atoms with Gasteiger partial charge in [0.15, 0.2) is 0 Å². The standard InChI is InChI=1S/C16H23IN2O/c1-13-4-6-14(7-5-13)16(20)18-15(8-9-17)12-19-10-2-3-11-19/h4-7,15H,2-3,8-12H2,1H3,(H,18,20)/t15-/m0/s1. The van der Waals surface area contributed by atoms with Crippen LogP contribution in [-0.4, -0.2) is 40.9 Å². The summed E-state index contributed by atoms with van der Waals surface area (Å²) in [6, 6.07) is 8.05. The van der Waals surface area contributed by atoms with E-state index in [4.69, 9.17) is 0 Å². The molecule has 0 aliphatic carbocycles. The van der Waals surface area contributed by atoms with Gasteiger partial charge >= 0.3 is 0 Å². The molecule has 1 amide bonds. The molecule has 1 aliphatic heterocycles. The quantitative estimate of drug-likeness (QED) is 0.602. The number of nitrogens with zero attached hydrogens (tertiary/aromatic N) is 1. The third-order valence-electron chi connectivity index (χ3n) is 3.78. The zero-order chi connectivity index (χ0) is 14.4. The van der Waals surface area contributed by atoms with E-state index >= 15 is 0 Å². The molecule has 1 atom stereocenters. The number of hydrogen-bond donors (Lipinski definition) is 1. The summed E-state index contributed by atoms with van der Waals surface area (Å²) in [5, 5.41) is 3.20. The van der Waals surface area contributed by atoms with E-state index in [1.165, 1.54) is 31.5 Å². The Morgan fingerprint density at radius 3 is 2.55 bits per heavy atom. The molecule has 1 heterocycles. The maximum atomic E-state index is 12.3. The van der Waals surface area contributed by atoms with Gasteiger partial charge in [-0.3, -0.25) is 4.79 Å². The molecule has 110 valence electrons. The molecule has 0 saturated carbocycles. The number of amides is 1. The molecule has 0 bridgehead atoms. The van der Waals surface area contributed by atoms with Gasteiger partial charge in [0.1, 0.15) is 0 Å². The van der Waals surface area contributed by atoms with Crippen molar-refractivity contribution >= 4 is 28.5 Å². The number of carbonyl (C=O) groups excluding carboxylic acids is 1. The third kappa shape index (κ3) is 4.74. The highest BCUT2D eigenvalue weighted by Gasteiger charge is 2.19. The number of carbonyl (C=O) groups is 1. The van der Waals surface area contributed by atoms with Crippen LogP contribution in [0.5, 0.6) is 0 Å². The van der Waals surface area contributed by atoms with Gasteiger partial charge in [-0.25, -0.2) is 0 Å². The fraction of sp³-hybridized carbons (Fsp3) is 0.562. The van der Waals surface area contributed by atoms with Crippen molar-refractivity contribution in [3.63, 3.8) is 0 Å². The van der Waals surface area contributed by atoms with E-state index in [1.807, 2.05) is 31.2 Å². The van der Waals surface area contributed by atoms with Gasteiger partial charge in [-0.1, -0.05) is 40.3 Å². The van der Waals surface area contributed by atoms with E-state index < -0.39 is 0 Å². The largest absolute Gasteiger partial charge is 0.348 e. The number of hydrogen-bond acceptors (Lipinski definition) is 2. The first kappa shape index (κ1) is 15.8. The van der Waals surface area contributed by atoms with Crippen molar-refractivity contribution in [2.24, 2.45) is 0 Å². The summed E-state index contributed by atoms with van der Waals surface area (Å²) in [5.74, 6) is 0.0547. The fourth-order valence-electron chi connectivity index (χ4n) is 2.59. The average Bonchev–Trinajstić information content (AvgIpc) is 2.92. The van der Waals surface area contributed by atoms with Crippen molar-refractivity contribution in [2.75, 3.05) is 24.1 Å². The molecule has 1 aromatic carbocycles. The Hall–Kier alpha value is -0.620. The van der Waals surface area contributed by atoms with Crippen molar-refractivity contribution in [2.45, 2.75) is 32.2 Å². The normalized spacial score (nSPS) is 17.1. The molecule has 0 spiro atoms. The molecule has 20 heavy (non-hydrogen) atoms. The van der Waals surface area contributed by atoms with Crippen LogP contribution >= 0.6 is 22.6 Å². The molecule has 1 aromatic rings. The first-order valence-corrected chi connectivity index (χ1v) is 8.87. The van der Waals surface area contributed by atoms with Crippen molar-refractivity contribution in [3.8, 4) is 0 Å². The van der Waals surface area contributed by atoms with Gasteiger partial charge in [0.05, 0.1) is 0 Å². The van der Waals surface area contributed by atoms with Gasteiger partial charge in [-0.2, -0.15) is 0 Å². The lowest BCUT2D eigenvalue weighted by atomic mass is 10.1. The minimum atomic E-state index is 0.0547. The van der Waals surface area contributed by atoms with Gasteiger partial charge in [0.2, 0.25) is 0 Å². The molecular formula is C16H23IN2O. The number of alkyl halides is 1. The molecular weight excluding hydrogens is 363 g/mol. The number of halogens is 1. The van der Waals surface area contributed by atoms with Crippen LogP contribution in [0.3, 0.4) is 0 Å². The lowest BCUT2D eigenvalue weighted by Crippen LogP contribution is -2.43. The van der Waals surface area contributed by atoms with E-state index in [1.54, 1.807) is 0 Å². The Balaban J connectivity index is 1.92. The van der Waals surface area contributed by atoms with Crippen LogP contribution in [0.1, 0.15) is 35.2 Å². The summed E-state index contributed by atoms with van der Waals surface area (Å²) in [7, 11) is 0. The first-order valence-electron chi connectivity index (χ1n) is 7.35. The Kier molecular flexibility index (Phi) is 6.29. The van der Waals surface area contributed by atoms with Crippen molar-refractivity contribution in [1.82, 2.24) is 10.2 Å². The van der Waals surface area contributed by atoms with Crippen LogP contribution in [0.15, 0.2) is 24.3 Å². The molecule has 1 N–H and O–H groups in total. The predicted octanol–water partition coefficient (Wildman–Crippen LogP) is 3.01. The summed E-state index contributed by atoms with van der Waals surface area (Å²) in [6.45, 7) is 5.38. The Bertz CT molecular complexity index is 427. The maximum Gasteiger partial charge on any atom is 0.251 e. The van der Waals surface area contributed by atoms with E-state index in [9.17, 15) is 4.79 Å². The molecule has 3 nitrogen and oxygen atoms in total. The summed E-state index contributed by atoms with van der Waals surface area (Å²) in [5.41, 5.74) is 1.94. The van der Waals surface area contributed by atoms with Gasteiger partial charge in [0, 0.05) is 22.6 Å². The molecule has 0 radical (unpaired) electrons. The van der Waals surface area contributed by atoms with Gasteiger partial charge in [-0.15, -0.1) is 0 Å². The minimum absolute atomic E-state index is 0.0547. The van der Waals surface area contributed by atoms with Crippen LogP contribution in [0.2, 0.25) is 0 Å². The number of nitrogens with one attached hydrogen (secondary N) is 1. The fourth-order valence-corrected chi connectivity index (χ4v) is 3.34. The highest BCUT2D eigenvalue weighted by molar-refractivity contribution is 14.1. The molecule has 1 fully saturated rings. The highest BCUT2D eigenvalue weighted by atomic mass is 127. The van der Waals surface area contributed by atoms with Gasteiger partial charge < -0.3 is 10.2 Å². The van der Waals surface area contributed by atoms with Crippen LogP contribution in [0.25, 0.3) is 0 Å². The zero-order valence-corrected chi connectivity index (χ0v) is 14.2. The topological polar surface area (TPSA) is 32.3 Å². The second kappa shape index (κ2) is 7.98. The maximum absolute atomic E-state index is 12.3. The van der Waals surface area contributed by atoms with Crippen LogP contribution in [0.4, 0.5) is 0 Å². The smallest absolute Gasteiger partial charge is 0.251 e. The number of aryl methyl sites for hydroxylation is 1. The van der Waals surface area contributed by atoms with Crippen LogP contribution < -0.4 is 5.32 Å². The summed E-state index contributed by atoms with van der Waals surface area (Å²) < 4.78 is 1.07. The second-order valence-electron chi connectivity index (χ2n) is 5.52. The average molecular weight is 386 g/mol. The number of rotatable bonds is 6. The summed E-state index contributed by atoms with van der Waals surface area (Å²) >= 11 is 2.39.